The fourth-order valence-electron chi connectivity index (χ4n) is 2.08. The summed E-state index contributed by atoms with van der Waals surface area (Å²) in [6.07, 6.45) is 2.94. The number of carbonyl (C=O) groups is 1. The van der Waals surface area contributed by atoms with Crippen LogP contribution in [0.2, 0.25) is 0 Å². The van der Waals surface area contributed by atoms with Crippen molar-refractivity contribution in [1.82, 2.24) is 5.32 Å². The lowest BCUT2D eigenvalue weighted by Crippen LogP contribution is -2.26. The van der Waals surface area contributed by atoms with Crippen molar-refractivity contribution in [1.29, 1.82) is 0 Å². The molecule has 1 aromatic heterocycles. The van der Waals surface area contributed by atoms with Crippen LogP contribution in [-0.2, 0) is 0 Å². The van der Waals surface area contributed by atoms with Crippen LogP contribution < -0.4 is 5.32 Å². The van der Waals surface area contributed by atoms with E-state index in [0.717, 1.165) is 25.8 Å². The Balaban J connectivity index is 2.48. The van der Waals surface area contributed by atoms with Crippen molar-refractivity contribution in [2.45, 2.75) is 39.2 Å². The van der Waals surface area contributed by atoms with E-state index in [9.17, 15) is 4.79 Å². The summed E-state index contributed by atoms with van der Waals surface area (Å²) in [6, 6.07) is 3.11. The number of furan rings is 1. The highest BCUT2D eigenvalue weighted by Gasteiger charge is 2.15. The molecule has 19 heavy (non-hydrogen) atoms. The first-order chi connectivity index (χ1) is 9.08. The molecule has 0 bridgehead atoms. The van der Waals surface area contributed by atoms with E-state index in [1.165, 1.54) is 6.07 Å². The van der Waals surface area contributed by atoms with Crippen molar-refractivity contribution >= 4 is 5.97 Å². The summed E-state index contributed by atoms with van der Waals surface area (Å²) < 4.78 is 5.25. The number of aromatic carboxylic acids is 1. The largest absolute Gasteiger partial charge is 0.475 e. The zero-order valence-electron chi connectivity index (χ0n) is 11.6. The average molecular weight is 269 g/mol. The van der Waals surface area contributed by atoms with Crippen LogP contribution in [0.5, 0.6) is 0 Å². The molecule has 2 atom stereocenters. The van der Waals surface area contributed by atoms with Gasteiger partial charge in [-0.25, -0.2) is 4.79 Å². The number of hydrogen-bond donors (Lipinski definition) is 3. The molecule has 1 rings (SSSR count). The number of nitrogens with one attached hydrogen (secondary N) is 1. The minimum Gasteiger partial charge on any atom is -0.475 e. The predicted octanol–water partition coefficient (Wildman–Crippen LogP) is 2.43. The lowest BCUT2D eigenvalue weighted by Gasteiger charge is -2.18. The van der Waals surface area contributed by atoms with Gasteiger partial charge in [0, 0.05) is 6.61 Å². The molecule has 0 aliphatic carbocycles. The summed E-state index contributed by atoms with van der Waals surface area (Å²) in [5.41, 5.74) is 0. The average Bonchev–Trinajstić information content (AvgIpc) is 2.86. The molecule has 0 aliphatic rings. The van der Waals surface area contributed by atoms with Gasteiger partial charge in [0.25, 0.3) is 0 Å². The number of aliphatic hydroxyl groups excluding tert-OH is 1. The Kier molecular flexibility index (Phi) is 6.59. The molecular weight excluding hydrogens is 246 g/mol. The van der Waals surface area contributed by atoms with Gasteiger partial charge in [-0.3, -0.25) is 0 Å². The van der Waals surface area contributed by atoms with E-state index in [0.29, 0.717) is 11.7 Å². The Morgan fingerprint density at radius 2 is 2.16 bits per heavy atom. The number of carboxylic acids is 1. The van der Waals surface area contributed by atoms with Crippen LogP contribution in [0.4, 0.5) is 0 Å². The molecule has 0 radical (unpaired) electrons. The number of carboxylic acid groups (broad SMARTS) is 1. The molecule has 0 fully saturated rings. The lowest BCUT2D eigenvalue weighted by atomic mass is 10.00. The Labute approximate surface area is 113 Å². The Morgan fingerprint density at radius 1 is 1.42 bits per heavy atom. The maximum atomic E-state index is 10.7. The van der Waals surface area contributed by atoms with E-state index in [2.05, 4.69) is 12.2 Å². The summed E-state index contributed by atoms with van der Waals surface area (Å²) in [7, 11) is 0. The van der Waals surface area contributed by atoms with Gasteiger partial charge in [0.15, 0.2) is 0 Å². The van der Waals surface area contributed by atoms with Gasteiger partial charge < -0.3 is 19.9 Å². The van der Waals surface area contributed by atoms with Gasteiger partial charge in [0.05, 0.1) is 6.04 Å². The van der Waals surface area contributed by atoms with Crippen molar-refractivity contribution in [2.75, 3.05) is 13.2 Å². The minimum absolute atomic E-state index is 0.0360. The van der Waals surface area contributed by atoms with Crippen molar-refractivity contribution in [3.8, 4) is 0 Å². The van der Waals surface area contributed by atoms with Gasteiger partial charge in [-0.05, 0) is 44.4 Å². The van der Waals surface area contributed by atoms with Crippen molar-refractivity contribution in [3.63, 3.8) is 0 Å². The molecule has 1 heterocycles. The molecule has 5 heteroatoms. The fourth-order valence-corrected chi connectivity index (χ4v) is 2.08. The van der Waals surface area contributed by atoms with Crippen LogP contribution >= 0.6 is 0 Å². The van der Waals surface area contributed by atoms with Crippen LogP contribution in [0.25, 0.3) is 0 Å². The Morgan fingerprint density at radius 3 is 2.68 bits per heavy atom. The molecule has 3 N–H and O–H groups in total. The monoisotopic (exact) mass is 269 g/mol. The lowest BCUT2D eigenvalue weighted by molar-refractivity contribution is 0.0659. The normalized spacial score (nSPS) is 14.3. The summed E-state index contributed by atoms with van der Waals surface area (Å²) in [6.45, 7) is 5.05. The van der Waals surface area contributed by atoms with Crippen LogP contribution in [0.1, 0.15) is 55.5 Å². The predicted molar refractivity (Wildman–Crippen MR) is 72.2 cm³/mol. The molecule has 0 aliphatic heterocycles. The third-order valence-electron chi connectivity index (χ3n) is 3.21. The first-order valence-corrected chi connectivity index (χ1v) is 6.75. The zero-order chi connectivity index (χ0) is 14.3. The van der Waals surface area contributed by atoms with E-state index in [-0.39, 0.29) is 18.4 Å². The SMILES string of the molecule is CCCC(CCO)CNC(C)c1ccc(C(=O)O)o1. The molecule has 0 aromatic carbocycles. The standard InChI is InChI=1S/C14H23NO4/c1-3-4-11(7-8-16)9-15-10(2)12-5-6-13(19-12)14(17)18/h5-6,10-11,15-16H,3-4,7-9H2,1-2H3,(H,17,18). The quantitative estimate of drug-likeness (QED) is 0.641. The van der Waals surface area contributed by atoms with Crippen LogP contribution in [0.3, 0.4) is 0 Å². The Bertz CT molecular complexity index is 383. The molecule has 108 valence electrons. The molecule has 1 aromatic rings. The van der Waals surface area contributed by atoms with E-state index >= 15 is 0 Å². The van der Waals surface area contributed by atoms with E-state index in [1.807, 2.05) is 6.92 Å². The molecule has 0 amide bonds. The molecule has 0 saturated heterocycles. The van der Waals surface area contributed by atoms with E-state index in [4.69, 9.17) is 14.6 Å². The third-order valence-corrected chi connectivity index (χ3v) is 3.21. The zero-order valence-corrected chi connectivity index (χ0v) is 11.6. The highest BCUT2D eigenvalue weighted by molar-refractivity contribution is 5.84. The van der Waals surface area contributed by atoms with Crippen LogP contribution in [-0.4, -0.2) is 29.3 Å². The highest BCUT2D eigenvalue weighted by atomic mass is 16.4. The van der Waals surface area contributed by atoms with E-state index < -0.39 is 5.97 Å². The van der Waals surface area contributed by atoms with Crippen molar-refractivity contribution < 1.29 is 19.4 Å². The van der Waals surface area contributed by atoms with E-state index in [1.54, 1.807) is 6.07 Å². The molecule has 2 unspecified atom stereocenters. The smallest absolute Gasteiger partial charge is 0.371 e. The second kappa shape index (κ2) is 7.96. The maximum absolute atomic E-state index is 10.7. The number of aliphatic hydroxyl groups is 1. The Hall–Kier alpha value is -1.33. The molecule has 0 saturated carbocycles. The summed E-state index contributed by atoms with van der Waals surface area (Å²) in [5, 5.41) is 21.1. The number of rotatable bonds is 9. The minimum atomic E-state index is -1.05. The first kappa shape index (κ1) is 15.7. The van der Waals surface area contributed by atoms with Crippen LogP contribution in [0, 0.1) is 5.92 Å². The van der Waals surface area contributed by atoms with Crippen molar-refractivity contribution in [3.05, 3.63) is 23.7 Å². The topological polar surface area (TPSA) is 82.7 Å². The van der Waals surface area contributed by atoms with Gasteiger partial charge in [-0.2, -0.15) is 0 Å². The second-order valence-electron chi connectivity index (χ2n) is 4.80. The fraction of sp³-hybridized carbons (Fsp3) is 0.643. The summed E-state index contributed by atoms with van der Waals surface area (Å²) in [5.74, 6) is -0.0327. The second-order valence-corrected chi connectivity index (χ2v) is 4.80. The molecular formula is C14H23NO4. The van der Waals surface area contributed by atoms with Crippen molar-refractivity contribution in [2.24, 2.45) is 5.92 Å². The van der Waals surface area contributed by atoms with Gasteiger partial charge >= 0.3 is 5.97 Å². The maximum Gasteiger partial charge on any atom is 0.371 e. The summed E-state index contributed by atoms with van der Waals surface area (Å²) in [4.78, 5) is 10.7. The molecule has 5 nitrogen and oxygen atoms in total. The van der Waals surface area contributed by atoms with Gasteiger partial charge in [0.1, 0.15) is 5.76 Å². The number of hydrogen-bond acceptors (Lipinski definition) is 4. The highest BCUT2D eigenvalue weighted by Crippen LogP contribution is 2.18. The van der Waals surface area contributed by atoms with Crippen LogP contribution in [0.15, 0.2) is 16.5 Å². The first-order valence-electron chi connectivity index (χ1n) is 6.75. The summed E-state index contributed by atoms with van der Waals surface area (Å²) >= 11 is 0. The molecule has 0 spiro atoms. The third kappa shape index (κ3) is 5.04. The van der Waals surface area contributed by atoms with Gasteiger partial charge in [-0.1, -0.05) is 13.3 Å². The van der Waals surface area contributed by atoms with Gasteiger partial charge in [-0.15, -0.1) is 0 Å². The van der Waals surface area contributed by atoms with Gasteiger partial charge in [0.2, 0.25) is 5.76 Å².